The molecule has 0 spiro atoms. The van der Waals surface area contributed by atoms with Gasteiger partial charge in [0.25, 0.3) is 0 Å². The molecular weight excluding hydrogens is 649 g/mol. The van der Waals surface area contributed by atoms with E-state index in [0.29, 0.717) is 32.5 Å². The van der Waals surface area contributed by atoms with Crippen molar-refractivity contribution in [1.82, 2.24) is 0 Å². The van der Waals surface area contributed by atoms with Crippen molar-refractivity contribution in [1.29, 1.82) is 5.26 Å². The van der Waals surface area contributed by atoms with Gasteiger partial charge >= 0.3 is 0 Å². The summed E-state index contributed by atoms with van der Waals surface area (Å²) < 4.78 is 59.5. The van der Waals surface area contributed by atoms with Gasteiger partial charge in [-0.1, -0.05) is 44.2 Å². The maximum atomic E-state index is 15.2. The molecule has 0 atom stereocenters. The Kier molecular flexibility index (Phi) is 6.74. The normalized spacial score (nSPS) is 14.5. The molecule has 2 aliphatic rings. The maximum absolute atomic E-state index is 15.2. The minimum atomic E-state index is -0.970. The van der Waals surface area contributed by atoms with E-state index < -0.39 is 51.4 Å². The van der Waals surface area contributed by atoms with Crippen molar-refractivity contribution in [3.05, 3.63) is 153 Å². The number of carbonyl (C=O) groups excluding carboxylic acids is 2. The second-order valence-corrected chi connectivity index (χ2v) is 13.5. The van der Waals surface area contributed by atoms with Crippen LogP contribution in [0.2, 0.25) is 0 Å². The van der Waals surface area contributed by atoms with E-state index in [2.05, 4.69) is 6.07 Å². The number of hydrogen-bond donors (Lipinski definition) is 0. The summed E-state index contributed by atoms with van der Waals surface area (Å²) in [6, 6.07) is 25.3. The first kappa shape index (κ1) is 30.5. The number of rotatable bonds is 3. The lowest BCUT2D eigenvalue weighted by molar-refractivity contribution is 0.0989. The van der Waals surface area contributed by atoms with E-state index >= 15 is 8.78 Å². The third-order valence-corrected chi connectivity index (χ3v) is 10.4. The molecule has 1 aliphatic carbocycles. The molecular formula is C40H22F4N2O2S. The lowest BCUT2D eigenvalue weighted by atomic mass is 9.74. The van der Waals surface area contributed by atoms with Crippen LogP contribution in [0.25, 0.3) is 28.0 Å². The Morgan fingerprint density at radius 3 is 2.04 bits per heavy atom. The summed E-state index contributed by atoms with van der Waals surface area (Å²) in [5.41, 5.74) is 1.88. The second kappa shape index (κ2) is 10.8. The van der Waals surface area contributed by atoms with Gasteiger partial charge < -0.3 is 4.90 Å². The Bertz CT molecular complexity index is 2500. The van der Waals surface area contributed by atoms with E-state index in [9.17, 15) is 23.6 Å². The molecule has 8 rings (SSSR count). The lowest BCUT2D eigenvalue weighted by Crippen LogP contribution is -2.29. The monoisotopic (exact) mass is 670 g/mol. The molecule has 2 heterocycles. The van der Waals surface area contributed by atoms with Gasteiger partial charge in [-0.2, -0.15) is 5.26 Å². The number of allylic oxidation sites excluding steroid dienone is 1. The van der Waals surface area contributed by atoms with Crippen LogP contribution in [0.15, 0.2) is 96.6 Å². The molecule has 49 heavy (non-hydrogen) atoms. The third-order valence-electron chi connectivity index (χ3n) is 9.35. The largest absolute Gasteiger partial charge is 0.301 e. The van der Waals surface area contributed by atoms with Crippen LogP contribution in [0.5, 0.6) is 0 Å². The molecule has 9 heteroatoms. The second-order valence-electron chi connectivity index (χ2n) is 12.5. The molecule has 0 saturated heterocycles. The number of ketones is 2. The highest BCUT2D eigenvalue weighted by Crippen LogP contribution is 2.57. The lowest BCUT2D eigenvalue weighted by Gasteiger charge is -2.40. The fraction of sp³-hybridized carbons (Fsp3) is 0.0750. The van der Waals surface area contributed by atoms with Crippen LogP contribution < -0.4 is 4.90 Å². The predicted octanol–water partition coefficient (Wildman–Crippen LogP) is 10.6. The summed E-state index contributed by atoms with van der Waals surface area (Å²) in [6.07, 6.45) is 1.36. The summed E-state index contributed by atoms with van der Waals surface area (Å²) in [5, 5.41) is 11.2. The average molecular weight is 671 g/mol. The van der Waals surface area contributed by atoms with Gasteiger partial charge in [0.1, 0.15) is 28.3 Å². The van der Waals surface area contributed by atoms with E-state index in [1.165, 1.54) is 41.7 Å². The fourth-order valence-electron chi connectivity index (χ4n) is 6.88. The molecule has 0 saturated carbocycles. The van der Waals surface area contributed by atoms with Crippen molar-refractivity contribution >= 4 is 56.1 Å². The topological polar surface area (TPSA) is 61.2 Å². The number of Topliss-reactive ketones (excluding diaryl/α,β-unsaturated/α-hetero) is 2. The predicted molar refractivity (Wildman–Crippen MR) is 182 cm³/mol. The van der Waals surface area contributed by atoms with Crippen LogP contribution in [0, 0.1) is 34.6 Å². The zero-order chi connectivity index (χ0) is 34.4. The Morgan fingerprint density at radius 1 is 0.714 bits per heavy atom. The number of fused-ring (bicyclic) bond motifs is 4. The molecule has 0 amide bonds. The summed E-state index contributed by atoms with van der Waals surface area (Å²) >= 11 is 1.27. The number of nitrogens with zero attached hydrogens (tertiary/aromatic N) is 2. The molecule has 1 aromatic heterocycles. The van der Waals surface area contributed by atoms with E-state index in [1.54, 1.807) is 24.3 Å². The first-order chi connectivity index (χ1) is 23.5. The highest BCUT2D eigenvalue weighted by Gasteiger charge is 2.41. The zero-order valence-corrected chi connectivity index (χ0v) is 26.7. The molecule has 0 unspecified atom stereocenters. The fourth-order valence-corrected chi connectivity index (χ4v) is 8.17. The van der Waals surface area contributed by atoms with Gasteiger partial charge in [0.15, 0.2) is 0 Å². The Hall–Kier alpha value is -5.85. The van der Waals surface area contributed by atoms with Gasteiger partial charge in [0.05, 0.1) is 39.7 Å². The first-order valence-corrected chi connectivity index (χ1v) is 16.1. The first-order valence-electron chi connectivity index (χ1n) is 15.2. The van der Waals surface area contributed by atoms with Gasteiger partial charge in [0.2, 0.25) is 11.6 Å². The molecule has 4 nitrogen and oxygen atoms in total. The van der Waals surface area contributed by atoms with Crippen molar-refractivity contribution < 1.29 is 27.2 Å². The van der Waals surface area contributed by atoms with Gasteiger partial charge in [-0.15, -0.1) is 11.3 Å². The van der Waals surface area contributed by atoms with Gasteiger partial charge in [-0.05, 0) is 83.4 Å². The van der Waals surface area contributed by atoms with Crippen LogP contribution in [-0.4, -0.2) is 11.6 Å². The highest BCUT2D eigenvalue weighted by atomic mass is 32.1. The minimum absolute atomic E-state index is 0.259. The molecule has 6 aromatic rings. The van der Waals surface area contributed by atoms with Gasteiger partial charge in [-0.3, -0.25) is 9.59 Å². The minimum Gasteiger partial charge on any atom is -0.301 e. The number of carbonyl (C=O) groups is 2. The number of halogens is 4. The maximum Gasteiger partial charge on any atom is 0.200 e. The smallest absolute Gasteiger partial charge is 0.200 e. The van der Waals surface area contributed by atoms with Crippen LogP contribution in [0.1, 0.15) is 56.1 Å². The average Bonchev–Trinajstić information content (AvgIpc) is 3.64. The van der Waals surface area contributed by atoms with Crippen LogP contribution >= 0.6 is 11.3 Å². The number of nitriles is 1. The van der Waals surface area contributed by atoms with Crippen LogP contribution in [0.3, 0.4) is 0 Å². The molecule has 0 bridgehead atoms. The number of hydrogen-bond acceptors (Lipinski definition) is 5. The van der Waals surface area contributed by atoms with Crippen LogP contribution in [0.4, 0.5) is 33.9 Å². The van der Waals surface area contributed by atoms with Crippen molar-refractivity contribution in [3.63, 3.8) is 0 Å². The summed E-state index contributed by atoms with van der Waals surface area (Å²) in [6.45, 7) is 3.99. The molecule has 0 radical (unpaired) electrons. The van der Waals surface area contributed by atoms with E-state index in [4.69, 9.17) is 0 Å². The zero-order valence-electron chi connectivity index (χ0n) is 25.9. The molecule has 5 aromatic carbocycles. The Balaban J connectivity index is 1.36. The van der Waals surface area contributed by atoms with Crippen molar-refractivity contribution in [2.24, 2.45) is 0 Å². The summed E-state index contributed by atoms with van der Waals surface area (Å²) in [5.74, 6) is -4.60. The number of thiophene rings is 1. The summed E-state index contributed by atoms with van der Waals surface area (Å²) in [4.78, 5) is 29.0. The van der Waals surface area contributed by atoms with Gasteiger partial charge in [0, 0.05) is 26.6 Å². The molecule has 0 fully saturated rings. The van der Waals surface area contributed by atoms with E-state index in [-0.39, 0.29) is 11.1 Å². The van der Waals surface area contributed by atoms with Crippen molar-refractivity contribution in [2.75, 3.05) is 4.90 Å². The van der Waals surface area contributed by atoms with E-state index in [1.807, 2.05) is 49.1 Å². The van der Waals surface area contributed by atoms with Crippen molar-refractivity contribution in [2.45, 2.75) is 19.3 Å². The molecule has 238 valence electrons. The SMILES string of the molecule is CC1(C)c2cc(-c3cc(C#N)ccc3F)ccc2N(c2ccc(F)c3ccccc23)c2sc(C=C3C(=O)c4c(F)ccc(F)c4C3=O)cc21. The Morgan fingerprint density at radius 2 is 1.35 bits per heavy atom. The highest BCUT2D eigenvalue weighted by molar-refractivity contribution is 7.17. The quantitative estimate of drug-likeness (QED) is 0.107. The third kappa shape index (κ3) is 4.48. The summed E-state index contributed by atoms with van der Waals surface area (Å²) in [7, 11) is 0. The van der Waals surface area contributed by atoms with E-state index in [0.717, 1.165) is 33.9 Å². The molecule has 0 N–H and O–H groups in total. The molecule has 1 aliphatic heterocycles. The number of benzene rings is 5. The Labute approximate surface area is 281 Å². The van der Waals surface area contributed by atoms with Crippen LogP contribution in [-0.2, 0) is 5.41 Å². The standard InChI is InChI=1S/C40H22F4N2O2S/c1-40(2)27-16-21(25-15-20(19-45)7-9-30(25)42)8-13-34(27)46(33-14-12-29(41)23-5-3-4-6-24(23)33)39-28(40)18-22(49-39)17-26-37(47)35-31(43)10-11-32(44)36(35)38(26)48/h3-18H,1-2H3. The number of anilines is 3. The van der Waals surface area contributed by atoms with Gasteiger partial charge in [-0.25, -0.2) is 17.6 Å². The van der Waals surface area contributed by atoms with Crippen molar-refractivity contribution in [3.8, 4) is 17.2 Å².